The van der Waals surface area contributed by atoms with E-state index in [1.165, 1.54) is 13.8 Å². The van der Waals surface area contributed by atoms with Gasteiger partial charge >= 0.3 is 11.9 Å². The predicted molar refractivity (Wildman–Crippen MR) is 150 cm³/mol. The molecule has 0 saturated carbocycles. The number of ether oxygens (including phenoxy) is 6. The fourth-order valence-electron chi connectivity index (χ4n) is 4.33. The smallest absolute Gasteiger partial charge is 0.303 e. The molecule has 6 atom stereocenters. The number of methoxy groups -OCH3 is 1. The second-order valence-electron chi connectivity index (χ2n) is 9.44. The molecule has 0 fully saturated rings. The molecule has 2 aromatic carbocycles. The first kappa shape index (κ1) is 29.8. The van der Waals surface area contributed by atoms with Crippen LogP contribution in [0.2, 0.25) is 0 Å². The van der Waals surface area contributed by atoms with Crippen LogP contribution in [-0.4, -0.2) is 69.0 Å². The third-order valence-corrected chi connectivity index (χ3v) is 6.33. The van der Waals surface area contributed by atoms with Gasteiger partial charge in [-0.25, -0.2) is 0 Å². The number of carbonyl (C=O) groups is 2. The van der Waals surface area contributed by atoms with Crippen LogP contribution in [-0.2, 0) is 33.4 Å². The highest BCUT2D eigenvalue weighted by molar-refractivity contribution is 5.67. The summed E-state index contributed by atoms with van der Waals surface area (Å²) in [5.74, 6) is 0.516. The molecule has 2 aliphatic heterocycles. The quantitative estimate of drug-likeness (QED) is 0.161. The highest BCUT2D eigenvalue weighted by Gasteiger charge is 2.32. The molecule has 2 aromatic rings. The van der Waals surface area contributed by atoms with Crippen molar-refractivity contribution in [1.82, 2.24) is 0 Å². The summed E-state index contributed by atoms with van der Waals surface area (Å²) < 4.78 is 34.1. The first-order valence-electron chi connectivity index (χ1n) is 13.4. The number of benzene rings is 2. The Morgan fingerprint density at radius 3 is 2.24 bits per heavy atom. The van der Waals surface area contributed by atoms with E-state index < -0.39 is 36.4 Å². The zero-order valence-electron chi connectivity index (χ0n) is 23.3. The third kappa shape index (κ3) is 9.19. The van der Waals surface area contributed by atoms with Crippen LogP contribution < -0.4 is 9.47 Å². The lowest BCUT2D eigenvalue weighted by atomic mass is 10.0. The minimum absolute atomic E-state index is 0.0353. The normalized spacial score (nSPS) is 25.4. The van der Waals surface area contributed by atoms with Gasteiger partial charge in [0.05, 0.1) is 13.2 Å². The van der Waals surface area contributed by atoms with Crippen LogP contribution in [0.1, 0.15) is 31.9 Å². The van der Waals surface area contributed by atoms with Crippen molar-refractivity contribution in [3.8, 4) is 11.5 Å². The van der Waals surface area contributed by atoms with Crippen molar-refractivity contribution in [3.05, 3.63) is 84.5 Å². The van der Waals surface area contributed by atoms with E-state index in [1.54, 1.807) is 25.5 Å². The molecule has 0 spiro atoms. The number of carbonyl (C=O) groups excluding carboxylic acids is 2. The molecule has 10 heteroatoms. The molecule has 0 aliphatic carbocycles. The maximum atomic E-state index is 11.4. The van der Waals surface area contributed by atoms with Gasteiger partial charge in [-0.15, -0.1) is 0 Å². The van der Waals surface area contributed by atoms with Crippen LogP contribution >= 0.6 is 0 Å². The van der Waals surface area contributed by atoms with Crippen molar-refractivity contribution in [2.45, 2.75) is 56.9 Å². The van der Waals surface area contributed by atoms with Gasteiger partial charge in [0.2, 0.25) is 0 Å². The van der Waals surface area contributed by atoms with E-state index in [2.05, 4.69) is 5.16 Å². The molecule has 0 radical (unpaired) electrons. The van der Waals surface area contributed by atoms with Crippen molar-refractivity contribution in [1.29, 1.82) is 0 Å². The number of rotatable bonds is 12. The summed E-state index contributed by atoms with van der Waals surface area (Å²) in [4.78, 5) is 28.3. The monoisotopic (exact) mass is 565 g/mol. The van der Waals surface area contributed by atoms with Crippen LogP contribution in [0, 0.1) is 0 Å². The molecule has 2 heterocycles. The van der Waals surface area contributed by atoms with Crippen molar-refractivity contribution in [2.24, 2.45) is 5.16 Å². The fourth-order valence-corrected chi connectivity index (χ4v) is 4.33. The largest absolute Gasteiger partial charge is 0.497 e. The average molecular weight is 566 g/mol. The van der Waals surface area contributed by atoms with Crippen LogP contribution in [0.5, 0.6) is 11.5 Å². The van der Waals surface area contributed by atoms with E-state index in [4.69, 9.17) is 33.3 Å². The van der Waals surface area contributed by atoms with E-state index in [1.807, 2.05) is 66.7 Å². The molecule has 0 amide bonds. The van der Waals surface area contributed by atoms with Gasteiger partial charge < -0.3 is 33.3 Å². The molecule has 4 rings (SSSR count). The van der Waals surface area contributed by atoms with Crippen LogP contribution in [0.25, 0.3) is 0 Å². The maximum Gasteiger partial charge on any atom is 0.303 e. The Kier molecular flexibility index (Phi) is 10.9. The Morgan fingerprint density at radius 1 is 0.829 bits per heavy atom. The predicted octanol–water partition coefficient (Wildman–Crippen LogP) is 4.35. The van der Waals surface area contributed by atoms with Gasteiger partial charge in [-0.3, -0.25) is 9.59 Å². The first-order valence-corrected chi connectivity index (χ1v) is 13.4. The second-order valence-corrected chi connectivity index (χ2v) is 9.44. The molecular formula is C31H35NO9. The van der Waals surface area contributed by atoms with E-state index in [-0.39, 0.29) is 25.4 Å². The van der Waals surface area contributed by atoms with E-state index >= 15 is 0 Å². The van der Waals surface area contributed by atoms with E-state index in [0.717, 1.165) is 11.3 Å². The van der Waals surface area contributed by atoms with Crippen LogP contribution in [0.4, 0.5) is 0 Å². The average Bonchev–Trinajstić information content (AvgIpc) is 2.98. The number of hydrogen-bond acceptors (Lipinski definition) is 10. The number of oxime groups is 1. The summed E-state index contributed by atoms with van der Waals surface area (Å²) in [5, 5.41) is 4.10. The summed E-state index contributed by atoms with van der Waals surface area (Å²) in [7, 11) is 1.61. The van der Waals surface area contributed by atoms with Crippen LogP contribution in [0.15, 0.2) is 84.1 Å². The third-order valence-electron chi connectivity index (χ3n) is 6.33. The molecule has 0 N–H and O–H groups in total. The second kappa shape index (κ2) is 15.0. The lowest BCUT2D eigenvalue weighted by Gasteiger charge is -2.32. The van der Waals surface area contributed by atoms with Gasteiger partial charge in [0.25, 0.3) is 0 Å². The Balaban J connectivity index is 1.34. The van der Waals surface area contributed by atoms with Gasteiger partial charge in [0, 0.05) is 26.5 Å². The van der Waals surface area contributed by atoms with Gasteiger partial charge in [-0.2, -0.15) is 0 Å². The van der Waals surface area contributed by atoms with E-state index in [0.29, 0.717) is 12.2 Å². The number of hydrogen-bond donors (Lipinski definition) is 0. The van der Waals surface area contributed by atoms with Gasteiger partial charge in [0.1, 0.15) is 55.2 Å². The first-order chi connectivity index (χ1) is 19.9. The van der Waals surface area contributed by atoms with Crippen LogP contribution in [0.3, 0.4) is 0 Å². The highest BCUT2D eigenvalue weighted by Crippen LogP contribution is 2.29. The summed E-state index contributed by atoms with van der Waals surface area (Å²) in [6.45, 7) is 2.73. The molecular weight excluding hydrogens is 530 g/mol. The Labute approximate surface area is 239 Å². The minimum atomic E-state index is -0.645. The molecule has 10 nitrogen and oxygen atoms in total. The minimum Gasteiger partial charge on any atom is -0.497 e. The van der Waals surface area contributed by atoms with E-state index in [9.17, 15) is 9.59 Å². The summed E-state index contributed by atoms with van der Waals surface area (Å²) >= 11 is 0. The SMILES string of the molecule is COc1ccc(O[C@H]2C=C[C@@H](c3ccccc3)O[C@H]2CO/N=C\C[C@@H]2C=C[C@H](OC(C)=O)[C@H](COC(C)=O)O2)cc1. The topological polar surface area (TPSA) is 111 Å². The Hall–Kier alpha value is -4.15. The molecule has 0 aromatic heterocycles. The number of esters is 2. The molecule has 41 heavy (non-hydrogen) atoms. The zero-order chi connectivity index (χ0) is 29.0. The summed E-state index contributed by atoms with van der Waals surface area (Å²) in [6, 6.07) is 17.2. The molecule has 2 aliphatic rings. The molecule has 218 valence electrons. The lowest BCUT2D eigenvalue weighted by molar-refractivity contribution is -0.163. The van der Waals surface area contributed by atoms with Gasteiger partial charge in [-0.1, -0.05) is 47.6 Å². The maximum absolute atomic E-state index is 11.4. The van der Waals surface area contributed by atoms with Crippen molar-refractivity contribution >= 4 is 18.2 Å². The Morgan fingerprint density at radius 2 is 1.54 bits per heavy atom. The van der Waals surface area contributed by atoms with Gasteiger partial charge in [-0.05, 0) is 42.0 Å². The molecule has 0 bridgehead atoms. The fraction of sp³-hybridized carbons (Fsp3) is 0.387. The van der Waals surface area contributed by atoms with Gasteiger partial charge in [0.15, 0.2) is 0 Å². The standard InChI is InChI=1S/C31H35NO9/c1-21(33)36-19-30-28(38-22(2)34)14-13-26(40-30)17-18-32-37-20-31-29(39-25-11-9-24(35-3)10-12-25)16-15-27(41-31)23-7-5-4-6-8-23/h4-16,18,26-31H,17,19-20H2,1-3H3/b32-18-/t26-,27-,28-,29-,30-,31-/m0/s1. The summed E-state index contributed by atoms with van der Waals surface area (Å²) in [6.07, 6.45) is 6.73. The lowest BCUT2D eigenvalue weighted by Crippen LogP contribution is -2.41. The molecule has 0 saturated heterocycles. The number of nitrogens with zero attached hydrogens (tertiary/aromatic N) is 1. The zero-order valence-corrected chi connectivity index (χ0v) is 23.3. The summed E-state index contributed by atoms with van der Waals surface area (Å²) in [5.41, 5.74) is 1.02. The van der Waals surface area contributed by atoms with Crippen molar-refractivity contribution < 1.29 is 42.8 Å². The highest BCUT2D eigenvalue weighted by atomic mass is 16.6. The molecule has 0 unspecified atom stereocenters. The van der Waals surface area contributed by atoms with Crippen molar-refractivity contribution in [3.63, 3.8) is 0 Å². The van der Waals surface area contributed by atoms with Crippen molar-refractivity contribution in [2.75, 3.05) is 20.3 Å². The Bertz CT molecular complexity index is 1210.